The summed E-state index contributed by atoms with van der Waals surface area (Å²) in [5, 5.41) is 32.3. The molecule has 39 heavy (non-hydrogen) atoms. The van der Waals surface area contributed by atoms with Crippen molar-refractivity contribution < 1.29 is 28.2 Å². The Bertz CT molecular complexity index is 1180. The van der Waals surface area contributed by atoms with E-state index in [0.717, 1.165) is 43.2 Å². The van der Waals surface area contributed by atoms with Crippen molar-refractivity contribution in [2.75, 3.05) is 19.4 Å². The van der Waals surface area contributed by atoms with E-state index in [1.165, 1.54) is 42.9 Å². The van der Waals surface area contributed by atoms with Crippen LogP contribution in [0.25, 0.3) is 0 Å². The lowest BCUT2D eigenvalue weighted by atomic mass is 9.84. The molecule has 0 unspecified atom stereocenters. The summed E-state index contributed by atoms with van der Waals surface area (Å²) in [4.78, 5) is 13.7. The second kappa shape index (κ2) is 13.5. The Kier molecular flexibility index (Phi) is 10.6. The number of carbonyl (C=O) groups excluding carboxylic acids is 1. The summed E-state index contributed by atoms with van der Waals surface area (Å²) >= 11 is 1.12. The molecule has 0 spiro atoms. The van der Waals surface area contributed by atoms with Crippen molar-refractivity contribution in [1.29, 1.82) is 0 Å². The van der Waals surface area contributed by atoms with Crippen molar-refractivity contribution in [3.8, 4) is 0 Å². The van der Waals surface area contributed by atoms with Crippen LogP contribution in [0.3, 0.4) is 0 Å². The maximum absolute atomic E-state index is 13.4. The van der Waals surface area contributed by atoms with Crippen molar-refractivity contribution in [3.05, 3.63) is 70.3 Å². The Balaban J connectivity index is 1.96. The van der Waals surface area contributed by atoms with Gasteiger partial charge in [-0.15, -0.1) is 0 Å². The number of rotatable bonds is 10. The van der Waals surface area contributed by atoms with Gasteiger partial charge in [0.2, 0.25) is 0 Å². The molecule has 1 fully saturated rings. The van der Waals surface area contributed by atoms with Gasteiger partial charge in [-0.1, -0.05) is 73.9 Å². The highest BCUT2D eigenvalue weighted by atomic mass is 32.2. The van der Waals surface area contributed by atoms with Crippen LogP contribution in [0.1, 0.15) is 79.3 Å². The van der Waals surface area contributed by atoms with E-state index in [2.05, 4.69) is 15.7 Å². The number of nitrogens with zero attached hydrogens (tertiary/aromatic N) is 3. The number of unbranched alkanes of at least 4 members (excludes halogenated alkanes) is 1. The molecule has 7 nitrogen and oxygen atoms in total. The number of aliphatic hydroxyl groups is 2. The molecular weight excluding hydrogens is 529 g/mol. The van der Waals surface area contributed by atoms with E-state index in [4.69, 9.17) is 0 Å². The third kappa shape index (κ3) is 7.83. The average Bonchev–Trinajstić information content (AvgIpc) is 2.91. The summed E-state index contributed by atoms with van der Waals surface area (Å²) in [5.41, 5.74) is 0.669. The summed E-state index contributed by atoms with van der Waals surface area (Å²) in [6.07, 6.45) is 3.95. The maximum atomic E-state index is 13.4. The molecule has 0 heterocycles. The first-order valence-corrected chi connectivity index (χ1v) is 13.8. The highest BCUT2D eigenvalue weighted by molar-refractivity contribution is 8.03. The van der Waals surface area contributed by atoms with Crippen molar-refractivity contribution in [1.82, 2.24) is 5.01 Å². The lowest BCUT2D eigenvalue weighted by Crippen LogP contribution is -2.42. The van der Waals surface area contributed by atoms with Gasteiger partial charge >= 0.3 is 6.18 Å². The fourth-order valence-electron chi connectivity index (χ4n) is 4.45. The number of anilines is 1. The number of nitrogens with one attached hydrogen (secondary N) is 1. The summed E-state index contributed by atoms with van der Waals surface area (Å²) in [6.45, 7) is 1.99. The van der Waals surface area contributed by atoms with Crippen molar-refractivity contribution in [2.45, 2.75) is 74.6 Å². The first-order valence-electron chi connectivity index (χ1n) is 13.0. The minimum absolute atomic E-state index is 0.144. The molecule has 1 aliphatic carbocycles. The number of amides is 1. The normalized spacial score (nSPS) is 15.5. The van der Waals surface area contributed by atoms with Gasteiger partial charge in [-0.05, 0) is 55.0 Å². The molecule has 0 saturated heterocycles. The average molecular weight is 565 g/mol. The minimum Gasteiger partial charge on any atom is -0.355 e. The van der Waals surface area contributed by atoms with Gasteiger partial charge in [0.15, 0.2) is 0 Å². The number of halogens is 3. The van der Waals surface area contributed by atoms with Crippen LogP contribution in [0.15, 0.2) is 68.8 Å². The lowest BCUT2D eigenvalue weighted by Gasteiger charge is -2.26. The highest BCUT2D eigenvalue weighted by Gasteiger charge is 2.54. The third-order valence-electron chi connectivity index (χ3n) is 6.63. The predicted octanol–water partition coefficient (Wildman–Crippen LogP) is 7.35. The van der Waals surface area contributed by atoms with Crippen molar-refractivity contribution >= 4 is 23.4 Å². The van der Waals surface area contributed by atoms with Gasteiger partial charge in [-0.3, -0.25) is 4.79 Å². The summed E-state index contributed by atoms with van der Waals surface area (Å²) in [5.74, 6) is -4.32. The summed E-state index contributed by atoms with van der Waals surface area (Å²) < 4.78 is 40.2. The van der Waals surface area contributed by atoms with Crippen LogP contribution in [0.4, 0.5) is 18.9 Å². The number of alkyl halides is 3. The van der Waals surface area contributed by atoms with E-state index >= 15 is 0 Å². The zero-order chi connectivity index (χ0) is 28.6. The monoisotopic (exact) mass is 564 g/mol. The predicted molar refractivity (Wildman–Crippen MR) is 146 cm³/mol. The fraction of sp³-hybridized carbons (Fsp3) is 0.464. The van der Waals surface area contributed by atoms with Crippen molar-refractivity contribution in [2.24, 2.45) is 10.3 Å². The number of carbonyl (C=O) groups is 1. The van der Waals surface area contributed by atoms with Gasteiger partial charge in [0.1, 0.15) is 0 Å². The molecule has 1 amide bonds. The molecule has 3 rings (SSSR count). The molecule has 212 valence electrons. The Labute approximate surface area is 231 Å². The van der Waals surface area contributed by atoms with Crippen LogP contribution >= 0.6 is 11.8 Å². The van der Waals surface area contributed by atoms with Gasteiger partial charge in [0.25, 0.3) is 11.7 Å². The Morgan fingerprint density at radius 1 is 1.13 bits per heavy atom. The smallest absolute Gasteiger partial charge is 0.355 e. The van der Waals surface area contributed by atoms with E-state index in [1.54, 1.807) is 19.2 Å². The molecule has 1 saturated carbocycles. The molecule has 2 aromatic carbocycles. The molecule has 11 heteroatoms. The Morgan fingerprint density at radius 3 is 2.38 bits per heavy atom. The number of thioether (sulfide) groups is 1. The summed E-state index contributed by atoms with van der Waals surface area (Å²) in [7, 11) is 3.17. The van der Waals surface area contributed by atoms with Crippen LogP contribution in [-0.2, 0) is 5.79 Å². The first kappa shape index (κ1) is 30.6. The SMILES string of the molecule is CCC/C=C(\Sc1ccc(C(O)(O)C(F)(F)F)cc1C(=O)Nc1ccc(C2CCCCC2)cc1)N(C)N=NC. The second-order valence-electron chi connectivity index (χ2n) is 9.54. The van der Waals surface area contributed by atoms with E-state index in [1.807, 2.05) is 25.1 Å². The summed E-state index contributed by atoms with van der Waals surface area (Å²) in [6, 6.07) is 10.6. The third-order valence-corrected chi connectivity index (χ3v) is 7.85. The van der Waals surface area contributed by atoms with Crippen LogP contribution in [0, 0.1) is 0 Å². The molecule has 0 aromatic heterocycles. The highest BCUT2D eigenvalue weighted by Crippen LogP contribution is 2.40. The topological polar surface area (TPSA) is 97.5 Å². The molecule has 0 aliphatic heterocycles. The van der Waals surface area contributed by atoms with Gasteiger partial charge < -0.3 is 15.5 Å². The second-order valence-corrected chi connectivity index (χ2v) is 10.6. The number of allylic oxidation sites excluding steroid dienone is 1. The van der Waals surface area contributed by atoms with E-state index in [-0.39, 0.29) is 5.56 Å². The first-order chi connectivity index (χ1) is 18.5. The molecule has 1 aliphatic rings. The zero-order valence-corrected chi connectivity index (χ0v) is 23.1. The van der Waals surface area contributed by atoms with Gasteiger partial charge in [0, 0.05) is 23.2 Å². The number of benzene rings is 2. The molecule has 3 N–H and O–H groups in total. The van der Waals surface area contributed by atoms with Crippen LogP contribution in [-0.4, -0.2) is 41.4 Å². The fourth-order valence-corrected chi connectivity index (χ4v) is 5.44. The van der Waals surface area contributed by atoms with E-state index in [0.29, 0.717) is 28.0 Å². The molecule has 0 atom stereocenters. The van der Waals surface area contributed by atoms with Gasteiger partial charge in [-0.25, -0.2) is 5.01 Å². The Hall–Kier alpha value is -2.89. The number of hydrogen-bond acceptors (Lipinski definition) is 6. The Morgan fingerprint density at radius 2 is 1.79 bits per heavy atom. The van der Waals surface area contributed by atoms with Crippen LogP contribution in [0.2, 0.25) is 0 Å². The van der Waals surface area contributed by atoms with Crippen LogP contribution in [0.5, 0.6) is 0 Å². The van der Waals surface area contributed by atoms with Gasteiger partial charge in [0.05, 0.1) is 17.6 Å². The molecule has 2 aromatic rings. The number of hydrogen-bond donors (Lipinski definition) is 3. The maximum Gasteiger partial charge on any atom is 0.447 e. The molecular formula is C28H35F3N4O3S. The van der Waals surface area contributed by atoms with Gasteiger partial charge in [-0.2, -0.15) is 18.3 Å². The molecule has 0 radical (unpaired) electrons. The molecule has 0 bridgehead atoms. The minimum atomic E-state index is -5.36. The quantitative estimate of drug-likeness (QED) is 0.121. The zero-order valence-electron chi connectivity index (χ0n) is 22.3. The van der Waals surface area contributed by atoms with E-state index in [9.17, 15) is 28.2 Å². The van der Waals surface area contributed by atoms with Crippen LogP contribution < -0.4 is 5.32 Å². The van der Waals surface area contributed by atoms with E-state index < -0.39 is 23.4 Å². The standard InChI is InChI=1S/C28H35F3N4O3S/c1-4-5-11-25(35(3)34-32-2)39-24-17-14-21(27(37,38)28(29,30)31)18-23(24)26(36)33-22-15-12-20(13-16-22)19-9-7-6-8-10-19/h11-19,37-38H,4-10H2,1-3H3,(H,33,36)/b25-11-,34-32?. The lowest BCUT2D eigenvalue weighted by molar-refractivity contribution is -0.358. The largest absolute Gasteiger partial charge is 0.447 e. The van der Waals surface area contributed by atoms with Crippen molar-refractivity contribution in [3.63, 3.8) is 0 Å².